The Balaban J connectivity index is 2.05. The summed E-state index contributed by atoms with van der Waals surface area (Å²) in [5, 5.41) is 5.26. The van der Waals surface area contributed by atoms with Gasteiger partial charge in [-0.3, -0.25) is 4.72 Å². The number of hydrogen-bond donors (Lipinski definition) is 1. The van der Waals surface area contributed by atoms with E-state index in [0.29, 0.717) is 17.1 Å². The number of esters is 1. The normalized spacial score (nSPS) is 11.9. The Morgan fingerprint density at radius 3 is 2.74 bits per heavy atom. The minimum Gasteiger partial charge on any atom is -0.465 e. The molecule has 27 heavy (non-hydrogen) atoms. The molecule has 2 aromatic heterocycles. The fraction of sp³-hybridized carbons (Fsp3) is 0.353. The van der Waals surface area contributed by atoms with Crippen LogP contribution in [-0.2, 0) is 21.2 Å². The van der Waals surface area contributed by atoms with E-state index in [4.69, 9.17) is 0 Å². The van der Waals surface area contributed by atoms with Crippen molar-refractivity contribution in [2.75, 3.05) is 11.8 Å². The smallest absolute Gasteiger partial charge is 0.337 e. The molecule has 0 saturated heterocycles. The highest BCUT2D eigenvalue weighted by atomic mass is 32.2. The predicted octanol–water partition coefficient (Wildman–Crippen LogP) is 3.06. The molecule has 0 aliphatic heterocycles. The molecule has 0 saturated carbocycles. The summed E-state index contributed by atoms with van der Waals surface area (Å²) in [7, 11) is -2.69. The number of nitrogens with zero attached hydrogens (tertiary/aromatic N) is 3. The molecule has 0 unspecified atom stereocenters. The maximum Gasteiger partial charge on any atom is 0.337 e. The summed E-state index contributed by atoms with van der Waals surface area (Å²) in [5.41, 5.74) is 0.956. The first-order valence-electron chi connectivity index (χ1n) is 8.36. The van der Waals surface area contributed by atoms with Crippen molar-refractivity contribution < 1.29 is 17.9 Å². The summed E-state index contributed by atoms with van der Waals surface area (Å²) in [5.74, 6) is -0.375. The summed E-state index contributed by atoms with van der Waals surface area (Å²) in [6.07, 6.45) is 0.450. The number of carbonyl (C=O) groups excluding carboxylic acids is 1. The quantitative estimate of drug-likeness (QED) is 0.629. The number of methoxy groups -OCH3 is 1. The Morgan fingerprint density at radius 2 is 2.11 bits per heavy atom. The van der Waals surface area contributed by atoms with E-state index in [9.17, 15) is 13.2 Å². The summed E-state index contributed by atoms with van der Waals surface area (Å²) < 4.78 is 34.7. The Morgan fingerprint density at radius 1 is 1.37 bits per heavy atom. The fourth-order valence-corrected chi connectivity index (χ4v) is 4.92. The number of anilines is 1. The van der Waals surface area contributed by atoms with Crippen LogP contribution in [0.2, 0.25) is 0 Å². The first-order valence-corrected chi connectivity index (χ1v) is 10.7. The number of sulfonamides is 1. The van der Waals surface area contributed by atoms with Crippen molar-refractivity contribution in [2.24, 2.45) is 0 Å². The van der Waals surface area contributed by atoms with E-state index < -0.39 is 16.0 Å². The van der Waals surface area contributed by atoms with Crippen LogP contribution in [0, 0.1) is 0 Å². The lowest BCUT2D eigenvalue weighted by Crippen LogP contribution is -2.17. The average Bonchev–Trinajstić information content (AvgIpc) is 3.18. The maximum absolute atomic E-state index is 13.1. The zero-order valence-electron chi connectivity index (χ0n) is 15.4. The van der Waals surface area contributed by atoms with Crippen molar-refractivity contribution in [1.29, 1.82) is 0 Å². The Bertz CT molecular complexity index is 1100. The number of aromatic nitrogens is 3. The van der Waals surface area contributed by atoms with E-state index in [0.717, 1.165) is 5.01 Å². The summed E-state index contributed by atoms with van der Waals surface area (Å²) in [6, 6.07) is 6.12. The molecule has 0 aliphatic carbocycles. The molecule has 0 radical (unpaired) electrons. The third kappa shape index (κ3) is 3.67. The van der Waals surface area contributed by atoms with Gasteiger partial charge in [0.05, 0.1) is 18.4 Å². The van der Waals surface area contributed by atoms with Crippen LogP contribution in [0.15, 0.2) is 29.3 Å². The number of rotatable bonds is 6. The molecule has 10 heteroatoms. The third-order valence-electron chi connectivity index (χ3n) is 3.86. The molecule has 144 valence electrons. The van der Waals surface area contributed by atoms with Gasteiger partial charge in [0, 0.05) is 11.6 Å². The van der Waals surface area contributed by atoms with Crippen molar-refractivity contribution in [3.63, 3.8) is 0 Å². The number of carbonyl (C=O) groups is 1. The number of aryl methyl sites for hydroxylation is 1. The molecule has 0 aliphatic rings. The molecule has 8 nitrogen and oxygen atoms in total. The molecule has 2 heterocycles. The number of fused-ring (bicyclic) bond motifs is 1. The molecule has 3 rings (SSSR count). The molecule has 1 aromatic carbocycles. The second kappa shape index (κ2) is 7.28. The first kappa shape index (κ1) is 19.3. The van der Waals surface area contributed by atoms with Crippen molar-refractivity contribution in [2.45, 2.75) is 38.1 Å². The van der Waals surface area contributed by atoms with Gasteiger partial charge < -0.3 is 4.74 Å². The van der Waals surface area contributed by atoms with Gasteiger partial charge in [0.1, 0.15) is 5.01 Å². The van der Waals surface area contributed by atoms with Crippen molar-refractivity contribution in [1.82, 2.24) is 14.6 Å². The van der Waals surface area contributed by atoms with Crippen LogP contribution >= 0.6 is 11.3 Å². The molecule has 0 fully saturated rings. The number of imidazole rings is 1. The van der Waals surface area contributed by atoms with Gasteiger partial charge in [-0.15, -0.1) is 0 Å². The molecule has 0 amide bonds. The van der Waals surface area contributed by atoms with Gasteiger partial charge in [0.15, 0.2) is 0 Å². The fourth-order valence-electron chi connectivity index (χ4n) is 2.55. The lowest BCUT2D eigenvalue weighted by atomic mass is 10.2. The zero-order chi connectivity index (χ0) is 19.8. The predicted molar refractivity (Wildman–Crippen MR) is 103 cm³/mol. The number of ether oxygens (including phenoxy) is 1. The van der Waals surface area contributed by atoms with Crippen LogP contribution in [-0.4, -0.2) is 36.1 Å². The van der Waals surface area contributed by atoms with Gasteiger partial charge in [0.2, 0.25) is 9.99 Å². The van der Waals surface area contributed by atoms with Gasteiger partial charge >= 0.3 is 5.97 Å². The van der Waals surface area contributed by atoms with Crippen LogP contribution in [0.3, 0.4) is 0 Å². The number of hydrogen-bond acceptors (Lipinski definition) is 7. The van der Waals surface area contributed by atoms with E-state index >= 15 is 0 Å². The van der Waals surface area contributed by atoms with E-state index in [1.54, 1.807) is 18.2 Å². The Labute approximate surface area is 161 Å². The summed E-state index contributed by atoms with van der Waals surface area (Å²) >= 11 is 1.37. The monoisotopic (exact) mass is 408 g/mol. The van der Waals surface area contributed by atoms with Gasteiger partial charge in [-0.25, -0.2) is 9.78 Å². The second-order valence-electron chi connectivity index (χ2n) is 6.18. The van der Waals surface area contributed by atoms with Gasteiger partial charge in [-0.2, -0.15) is 18.0 Å². The van der Waals surface area contributed by atoms with E-state index in [1.807, 2.05) is 20.8 Å². The number of benzene rings is 1. The largest absolute Gasteiger partial charge is 0.465 e. The van der Waals surface area contributed by atoms with Gasteiger partial charge in [-0.1, -0.05) is 38.2 Å². The molecule has 0 spiro atoms. The summed E-state index contributed by atoms with van der Waals surface area (Å²) in [4.78, 5) is 16.6. The molecule has 0 bridgehead atoms. The zero-order valence-corrected chi connectivity index (χ0v) is 17.0. The molecule has 3 aromatic rings. The average molecular weight is 409 g/mol. The standard InChI is InChI=1S/C17H20N4O4S2/c1-5-13-15(21-17(18-13)26-14(19-21)10(2)3)27(23,24)20-12-8-6-7-11(9-12)16(22)25-4/h6-10,20H,5H2,1-4H3. The van der Waals surface area contributed by atoms with Gasteiger partial charge in [0.25, 0.3) is 10.0 Å². The van der Waals surface area contributed by atoms with E-state index in [1.165, 1.54) is 29.0 Å². The highest BCUT2D eigenvalue weighted by Gasteiger charge is 2.27. The van der Waals surface area contributed by atoms with Crippen LogP contribution < -0.4 is 4.72 Å². The van der Waals surface area contributed by atoms with Crippen LogP contribution in [0.25, 0.3) is 4.96 Å². The van der Waals surface area contributed by atoms with Crippen molar-refractivity contribution in [3.05, 3.63) is 40.5 Å². The second-order valence-corrected chi connectivity index (χ2v) is 8.77. The molecule has 0 atom stereocenters. The van der Waals surface area contributed by atoms with E-state index in [2.05, 4.69) is 19.5 Å². The summed E-state index contributed by atoms with van der Waals surface area (Å²) in [6.45, 7) is 5.82. The van der Waals surface area contributed by atoms with E-state index in [-0.39, 0.29) is 22.2 Å². The Kier molecular flexibility index (Phi) is 5.20. The lowest BCUT2D eigenvalue weighted by molar-refractivity contribution is 0.0601. The van der Waals surface area contributed by atoms with Gasteiger partial charge in [-0.05, 0) is 24.6 Å². The molecular formula is C17H20N4O4S2. The van der Waals surface area contributed by atoms with Crippen molar-refractivity contribution in [3.8, 4) is 0 Å². The SMILES string of the molecule is CCc1nc2sc(C(C)C)nn2c1S(=O)(=O)Nc1cccc(C(=O)OC)c1. The number of nitrogens with one attached hydrogen (secondary N) is 1. The van der Waals surface area contributed by atoms with Crippen LogP contribution in [0.4, 0.5) is 5.69 Å². The minimum absolute atomic E-state index is 0.0200. The maximum atomic E-state index is 13.1. The highest BCUT2D eigenvalue weighted by molar-refractivity contribution is 7.92. The topological polar surface area (TPSA) is 103 Å². The van der Waals surface area contributed by atoms with Crippen LogP contribution in [0.1, 0.15) is 47.7 Å². The highest BCUT2D eigenvalue weighted by Crippen LogP contribution is 2.28. The minimum atomic E-state index is -3.96. The van der Waals surface area contributed by atoms with Crippen LogP contribution in [0.5, 0.6) is 0 Å². The third-order valence-corrected chi connectivity index (χ3v) is 6.50. The first-order chi connectivity index (χ1) is 12.8. The lowest BCUT2D eigenvalue weighted by Gasteiger charge is -2.09. The Hall–Kier alpha value is -2.46. The molecular weight excluding hydrogens is 388 g/mol. The molecule has 1 N–H and O–H groups in total. The van der Waals surface area contributed by atoms with Crippen molar-refractivity contribution >= 4 is 38.0 Å².